The molecule has 5 heteroatoms. The summed E-state index contributed by atoms with van der Waals surface area (Å²) in [5, 5.41) is 23.2. The molecular formula is C42H29N3O2. The highest BCUT2D eigenvalue weighted by Gasteiger charge is 2.25. The number of fused-ring (bicyclic) bond motifs is 2. The van der Waals surface area contributed by atoms with Gasteiger partial charge < -0.3 is 14.9 Å². The van der Waals surface area contributed by atoms with Crippen LogP contribution < -0.4 is 9.80 Å². The molecule has 47 heavy (non-hydrogen) atoms. The maximum Gasteiger partial charge on any atom is 0.346 e. The smallest absolute Gasteiger partial charge is 0.346 e. The first-order chi connectivity index (χ1) is 23.1. The van der Waals surface area contributed by atoms with Gasteiger partial charge >= 0.3 is 5.97 Å². The first kappa shape index (κ1) is 29.1. The minimum absolute atomic E-state index is 0.329. The second-order valence-electron chi connectivity index (χ2n) is 11.0. The third kappa shape index (κ3) is 5.56. The van der Waals surface area contributed by atoms with Crippen LogP contribution in [0.5, 0.6) is 0 Å². The highest BCUT2D eigenvalue weighted by molar-refractivity contribution is 6.23. The van der Waals surface area contributed by atoms with Crippen LogP contribution in [0, 0.1) is 11.3 Å². The first-order valence-electron chi connectivity index (χ1n) is 15.3. The fourth-order valence-electron chi connectivity index (χ4n) is 6.15. The lowest BCUT2D eigenvalue weighted by Crippen LogP contribution is -2.14. The second-order valence-corrected chi connectivity index (χ2v) is 11.0. The lowest BCUT2D eigenvalue weighted by atomic mass is 9.93. The van der Waals surface area contributed by atoms with E-state index < -0.39 is 5.97 Å². The van der Waals surface area contributed by atoms with Crippen molar-refractivity contribution >= 4 is 67.7 Å². The molecule has 0 radical (unpaired) electrons. The van der Waals surface area contributed by atoms with Gasteiger partial charge in [0.05, 0.1) is 11.4 Å². The summed E-state index contributed by atoms with van der Waals surface area (Å²) in [5.41, 5.74) is 6.19. The average Bonchev–Trinajstić information content (AvgIpc) is 3.13. The molecule has 0 aliphatic carbocycles. The van der Waals surface area contributed by atoms with Crippen molar-refractivity contribution in [3.05, 3.63) is 175 Å². The number of nitrogens with zero attached hydrogens (tertiary/aromatic N) is 3. The molecule has 1 N–H and O–H groups in total. The van der Waals surface area contributed by atoms with E-state index in [1.165, 1.54) is 6.08 Å². The van der Waals surface area contributed by atoms with Gasteiger partial charge in [0.1, 0.15) is 11.6 Å². The van der Waals surface area contributed by atoms with Gasteiger partial charge in [0, 0.05) is 44.3 Å². The lowest BCUT2D eigenvalue weighted by Gasteiger charge is -2.33. The van der Waals surface area contributed by atoms with E-state index >= 15 is 0 Å². The zero-order valence-electron chi connectivity index (χ0n) is 25.4. The third-order valence-electron chi connectivity index (χ3n) is 8.16. The number of hydrogen-bond donors (Lipinski definition) is 1. The van der Waals surface area contributed by atoms with Crippen LogP contribution >= 0.6 is 0 Å². The van der Waals surface area contributed by atoms with E-state index in [0.717, 1.165) is 55.7 Å². The zero-order valence-corrected chi connectivity index (χ0v) is 25.4. The Balaban J connectivity index is 1.66. The molecule has 7 aromatic carbocycles. The van der Waals surface area contributed by atoms with Crippen molar-refractivity contribution in [2.45, 2.75) is 0 Å². The highest BCUT2D eigenvalue weighted by Crippen LogP contribution is 2.51. The number of aliphatic carboxylic acids is 1. The molecule has 0 spiro atoms. The molecule has 7 aromatic rings. The molecule has 0 unspecified atom stereocenters. The van der Waals surface area contributed by atoms with Crippen LogP contribution in [-0.4, -0.2) is 11.1 Å². The maximum absolute atomic E-state index is 11.9. The van der Waals surface area contributed by atoms with Crippen molar-refractivity contribution in [3.8, 4) is 6.07 Å². The van der Waals surface area contributed by atoms with E-state index in [-0.39, 0.29) is 5.57 Å². The van der Waals surface area contributed by atoms with E-state index in [2.05, 4.69) is 76.5 Å². The molecule has 0 amide bonds. The number of carbonyl (C=O) groups is 1. The number of carboxylic acid groups (broad SMARTS) is 1. The van der Waals surface area contributed by atoms with Crippen molar-refractivity contribution < 1.29 is 9.90 Å². The van der Waals surface area contributed by atoms with Gasteiger partial charge in [-0.3, -0.25) is 0 Å². The fraction of sp³-hybridized carbons (Fsp3) is 0. The molecule has 5 nitrogen and oxygen atoms in total. The Kier molecular flexibility index (Phi) is 7.90. The summed E-state index contributed by atoms with van der Waals surface area (Å²) in [7, 11) is 0. The monoisotopic (exact) mass is 607 g/mol. The zero-order chi connectivity index (χ0) is 32.2. The Morgan fingerprint density at radius 3 is 1.26 bits per heavy atom. The van der Waals surface area contributed by atoms with E-state index in [1.807, 2.05) is 103 Å². The van der Waals surface area contributed by atoms with Crippen molar-refractivity contribution in [2.75, 3.05) is 9.80 Å². The van der Waals surface area contributed by atoms with E-state index in [4.69, 9.17) is 0 Å². The van der Waals surface area contributed by atoms with E-state index in [1.54, 1.807) is 0 Å². The molecule has 7 rings (SSSR count). The summed E-state index contributed by atoms with van der Waals surface area (Å²) in [5.74, 6) is -1.26. The third-order valence-corrected chi connectivity index (χ3v) is 8.16. The normalized spacial score (nSPS) is 11.3. The molecule has 0 atom stereocenters. The SMILES string of the molecule is N#C/C(=C\c1ccc2c(N(c3ccccc3)c3ccccc3)c3ccccc3c(N(c3ccccc3)c3ccccc3)c2c1)C(=O)O. The number of benzene rings is 7. The molecule has 0 fully saturated rings. The topological polar surface area (TPSA) is 67.6 Å². The second kappa shape index (κ2) is 12.8. The minimum atomic E-state index is -1.26. The average molecular weight is 608 g/mol. The Morgan fingerprint density at radius 2 is 0.872 bits per heavy atom. The number of nitriles is 1. The summed E-state index contributed by atoms with van der Waals surface area (Å²) in [6, 6.07) is 57.2. The summed E-state index contributed by atoms with van der Waals surface area (Å²) in [4.78, 5) is 16.4. The molecule has 0 aliphatic heterocycles. The van der Waals surface area contributed by atoms with Gasteiger partial charge in [0.15, 0.2) is 0 Å². The lowest BCUT2D eigenvalue weighted by molar-refractivity contribution is -0.132. The van der Waals surface area contributed by atoms with Gasteiger partial charge in [-0.25, -0.2) is 4.79 Å². The van der Waals surface area contributed by atoms with Crippen LogP contribution in [0.3, 0.4) is 0 Å². The van der Waals surface area contributed by atoms with Crippen molar-refractivity contribution in [1.82, 2.24) is 0 Å². The van der Waals surface area contributed by atoms with Gasteiger partial charge in [-0.05, 0) is 66.2 Å². The van der Waals surface area contributed by atoms with Gasteiger partial charge in [-0.15, -0.1) is 0 Å². The van der Waals surface area contributed by atoms with Gasteiger partial charge in [0.25, 0.3) is 0 Å². The summed E-state index contributed by atoms with van der Waals surface area (Å²) in [6.07, 6.45) is 1.43. The molecule has 0 heterocycles. The molecule has 0 bridgehead atoms. The highest BCUT2D eigenvalue weighted by atomic mass is 16.4. The Bertz CT molecular complexity index is 2200. The summed E-state index contributed by atoms with van der Waals surface area (Å²) in [6.45, 7) is 0. The van der Waals surface area contributed by atoms with Gasteiger partial charge in [0.2, 0.25) is 0 Å². The predicted molar refractivity (Wildman–Crippen MR) is 192 cm³/mol. The van der Waals surface area contributed by atoms with Crippen LogP contribution in [0.4, 0.5) is 34.1 Å². The molecule has 0 aliphatic rings. The van der Waals surface area contributed by atoms with Gasteiger partial charge in [-0.1, -0.05) is 109 Å². The van der Waals surface area contributed by atoms with E-state index in [0.29, 0.717) is 5.56 Å². The summed E-state index contributed by atoms with van der Waals surface area (Å²) >= 11 is 0. The number of anilines is 6. The number of para-hydroxylation sites is 4. The molecule has 0 aromatic heterocycles. The van der Waals surface area contributed by atoms with Crippen LogP contribution in [-0.2, 0) is 4.79 Å². The minimum Gasteiger partial charge on any atom is -0.477 e. The largest absolute Gasteiger partial charge is 0.477 e. The Hall–Kier alpha value is -6.64. The quantitative estimate of drug-likeness (QED) is 0.0806. The molecule has 0 saturated heterocycles. The molecule has 224 valence electrons. The van der Waals surface area contributed by atoms with E-state index in [9.17, 15) is 15.2 Å². The van der Waals surface area contributed by atoms with Gasteiger partial charge in [-0.2, -0.15) is 5.26 Å². The molecular weight excluding hydrogens is 578 g/mol. The first-order valence-corrected chi connectivity index (χ1v) is 15.3. The maximum atomic E-state index is 11.9. The number of hydrogen-bond acceptors (Lipinski definition) is 4. The van der Waals surface area contributed by atoms with Crippen molar-refractivity contribution in [3.63, 3.8) is 0 Å². The number of rotatable bonds is 8. The van der Waals surface area contributed by atoms with Crippen LogP contribution in [0.15, 0.2) is 169 Å². The van der Waals surface area contributed by atoms with Crippen molar-refractivity contribution in [2.24, 2.45) is 0 Å². The predicted octanol–water partition coefficient (Wildman–Crippen LogP) is 10.9. The van der Waals surface area contributed by atoms with Crippen LogP contribution in [0.2, 0.25) is 0 Å². The van der Waals surface area contributed by atoms with Crippen LogP contribution in [0.1, 0.15) is 5.56 Å². The van der Waals surface area contributed by atoms with Crippen molar-refractivity contribution in [1.29, 1.82) is 5.26 Å². The van der Waals surface area contributed by atoms with Crippen LogP contribution in [0.25, 0.3) is 27.6 Å². The summed E-state index contributed by atoms with van der Waals surface area (Å²) < 4.78 is 0. The fourth-order valence-corrected chi connectivity index (χ4v) is 6.15. The Morgan fingerprint density at radius 1 is 0.511 bits per heavy atom. The molecule has 0 saturated carbocycles. The Labute approximate surface area is 273 Å². The number of carboxylic acids is 1. The standard InChI is InChI=1S/C42H29N3O2/c43-29-31(42(46)47)27-30-25-26-38-39(28-30)41(45(34-19-9-3-10-20-34)35-21-11-4-12-22-35)37-24-14-13-23-36(37)40(38)44(32-15-5-1-6-16-32)33-17-7-2-8-18-33/h1-28H,(H,46,47)/b31-27+.